The minimum atomic E-state index is -0.826. The minimum Gasteiger partial charge on any atom is -0.388 e. The SMILES string of the molecule is CCC(O)(CC)CNC(=O)NCC1(c2ccccc2)CCOCC1. The molecule has 5 heteroatoms. The van der Waals surface area contributed by atoms with E-state index in [1.807, 2.05) is 32.0 Å². The lowest BCUT2D eigenvalue weighted by molar-refractivity contribution is 0.0344. The van der Waals surface area contributed by atoms with E-state index in [1.54, 1.807) is 0 Å². The lowest BCUT2D eigenvalue weighted by Crippen LogP contribution is -2.50. The predicted molar refractivity (Wildman–Crippen MR) is 95.1 cm³/mol. The second kappa shape index (κ2) is 8.49. The number of rotatable bonds is 7. The molecule has 0 radical (unpaired) electrons. The summed E-state index contributed by atoms with van der Waals surface area (Å²) in [6, 6.07) is 10.1. The van der Waals surface area contributed by atoms with Crippen molar-refractivity contribution in [1.29, 1.82) is 0 Å². The lowest BCUT2D eigenvalue weighted by atomic mass is 9.74. The summed E-state index contributed by atoms with van der Waals surface area (Å²) < 4.78 is 5.51. The maximum Gasteiger partial charge on any atom is 0.314 e. The monoisotopic (exact) mass is 334 g/mol. The van der Waals surface area contributed by atoms with Crippen molar-refractivity contribution in [2.24, 2.45) is 0 Å². The molecule has 1 aliphatic rings. The second-order valence-electron chi connectivity index (χ2n) is 6.73. The summed E-state index contributed by atoms with van der Waals surface area (Å²) in [5.74, 6) is 0. The van der Waals surface area contributed by atoms with Crippen LogP contribution in [0.25, 0.3) is 0 Å². The van der Waals surface area contributed by atoms with Crippen LogP contribution < -0.4 is 10.6 Å². The van der Waals surface area contributed by atoms with Crippen molar-refractivity contribution in [3.63, 3.8) is 0 Å². The van der Waals surface area contributed by atoms with E-state index in [9.17, 15) is 9.90 Å². The number of hydrogen-bond donors (Lipinski definition) is 3. The Balaban J connectivity index is 1.95. The molecule has 1 fully saturated rings. The predicted octanol–water partition coefficient (Wildman–Crippen LogP) is 2.59. The van der Waals surface area contributed by atoms with Gasteiger partial charge in [0.15, 0.2) is 0 Å². The van der Waals surface area contributed by atoms with Crippen LogP contribution in [0.15, 0.2) is 30.3 Å². The van der Waals surface area contributed by atoms with Crippen molar-refractivity contribution < 1.29 is 14.6 Å². The average molecular weight is 334 g/mol. The first-order chi connectivity index (χ1) is 11.5. The van der Waals surface area contributed by atoms with Crippen molar-refractivity contribution in [2.45, 2.75) is 50.5 Å². The van der Waals surface area contributed by atoms with Gasteiger partial charge >= 0.3 is 6.03 Å². The van der Waals surface area contributed by atoms with Crippen LogP contribution in [0.5, 0.6) is 0 Å². The standard InChI is InChI=1S/C19H30N2O3/c1-3-19(23,4-2)15-21-17(22)20-14-18(10-12-24-13-11-18)16-8-6-5-7-9-16/h5-9,23H,3-4,10-15H2,1-2H3,(H2,20,21,22). The normalized spacial score (nSPS) is 17.3. The molecule has 24 heavy (non-hydrogen) atoms. The molecule has 1 aromatic rings. The molecule has 3 N–H and O–H groups in total. The first-order valence-corrected chi connectivity index (χ1v) is 8.91. The highest BCUT2D eigenvalue weighted by Crippen LogP contribution is 2.34. The molecule has 0 aliphatic carbocycles. The molecule has 2 amide bonds. The van der Waals surface area contributed by atoms with E-state index in [4.69, 9.17) is 4.74 Å². The first-order valence-electron chi connectivity index (χ1n) is 8.91. The van der Waals surface area contributed by atoms with Crippen molar-refractivity contribution in [3.05, 3.63) is 35.9 Å². The largest absolute Gasteiger partial charge is 0.388 e. The number of benzene rings is 1. The Kier molecular flexibility index (Phi) is 6.63. The van der Waals surface area contributed by atoms with Gasteiger partial charge in [-0.15, -0.1) is 0 Å². The number of amides is 2. The van der Waals surface area contributed by atoms with Gasteiger partial charge in [0, 0.05) is 31.7 Å². The second-order valence-corrected chi connectivity index (χ2v) is 6.73. The molecule has 1 aromatic carbocycles. The smallest absolute Gasteiger partial charge is 0.314 e. The van der Waals surface area contributed by atoms with Crippen LogP contribution in [0.2, 0.25) is 0 Å². The Hall–Kier alpha value is -1.59. The van der Waals surface area contributed by atoms with Crippen LogP contribution in [-0.4, -0.2) is 43.0 Å². The lowest BCUT2D eigenvalue weighted by Gasteiger charge is -2.38. The highest BCUT2D eigenvalue weighted by atomic mass is 16.5. The third-order valence-corrected chi connectivity index (χ3v) is 5.32. The van der Waals surface area contributed by atoms with Gasteiger partial charge in [0.25, 0.3) is 0 Å². The van der Waals surface area contributed by atoms with Gasteiger partial charge in [-0.1, -0.05) is 44.2 Å². The molecule has 0 saturated carbocycles. The summed E-state index contributed by atoms with van der Waals surface area (Å²) in [6.45, 7) is 6.12. The van der Waals surface area contributed by atoms with E-state index in [0.717, 1.165) is 12.8 Å². The number of ether oxygens (including phenoxy) is 1. The average Bonchev–Trinajstić information content (AvgIpc) is 2.66. The topological polar surface area (TPSA) is 70.6 Å². The van der Waals surface area contributed by atoms with Gasteiger partial charge in [-0.25, -0.2) is 4.79 Å². The Bertz CT molecular complexity index is 509. The van der Waals surface area contributed by atoms with Gasteiger partial charge in [0.2, 0.25) is 0 Å². The molecule has 0 aromatic heterocycles. The molecule has 2 rings (SSSR count). The molecular weight excluding hydrogens is 304 g/mol. The van der Waals surface area contributed by atoms with Crippen LogP contribution in [0.4, 0.5) is 4.79 Å². The zero-order chi connectivity index (χ0) is 17.5. The third kappa shape index (κ3) is 4.71. The van der Waals surface area contributed by atoms with E-state index in [-0.39, 0.29) is 18.0 Å². The molecule has 1 heterocycles. The molecule has 1 saturated heterocycles. The zero-order valence-electron chi connectivity index (χ0n) is 14.8. The fourth-order valence-electron chi connectivity index (χ4n) is 3.18. The molecule has 1 aliphatic heterocycles. The van der Waals surface area contributed by atoms with Gasteiger partial charge < -0.3 is 20.5 Å². The molecule has 0 bridgehead atoms. The molecule has 5 nitrogen and oxygen atoms in total. The maximum absolute atomic E-state index is 12.2. The molecule has 0 atom stereocenters. The number of aliphatic hydroxyl groups is 1. The van der Waals surface area contributed by atoms with Gasteiger partial charge in [0.05, 0.1) is 5.60 Å². The van der Waals surface area contributed by atoms with E-state index in [0.29, 0.717) is 32.6 Å². The number of nitrogens with one attached hydrogen (secondary N) is 2. The summed E-state index contributed by atoms with van der Waals surface area (Å²) in [6.07, 6.45) is 3.03. The summed E-state index contributed by atoms with van der Waals surface area (Å²) in [7, 11) is 0. The summed E-state index contributed by atoms with van der Waals surface area (Å²) in [5.41, 5.74) is 0.336. The summed E-state index contributed by atoms with van der Waals surface area (Å²) in [4.78, 5) is 12.2. The van der Waals surface area contributed by atoms with Crippen LogP contribution >= 0.6 is 0 Å². The summed E-state index contributed by atoms with van der Waals surface area (Å²) >= 11 is 0. The number of urea groups is 1. The maximum atomic E-state index is 12.2. The minimum absolute atomic E-state index is 0.0807. The van der Waals surface area contributed by atoms with E-state index in [1.165, 1.54) is 5.56 Å². The molecule has 0 spiro atoms. The number of carbonyl (C=O) groups excluding carboxylic acids is 1. The van der Waals surface area contributed by atoms with Gasteiger partial charge in [-0.05, 0) is 31.2 Å². The fraction of sp³-hybridized carbons (Fsp3) is 0.632. The Morgan fingerprint density at radius 3 is 2.38 bits per heavy atom. The number of carbonyl (C=O) groups is 1. The highest BCUT2D eigenvalue weighted by Gasteiger charge is 2.34. The third-order valence-electron chi connectivity index (χ3n) is 5.32. The van der Waals surface area contributed by atoms with Crippen LogP contribution in [0.3, 0.4) is 0 Å². The Labute approximate surface area is 144 Å². The van der Waals surface area contributed by atoms with Gasteiger partial charge in [-0.3, -0.25) is 0 Å². The molecular formula is C19H30N2O3. The van der Waals surface area contributed by atoms with Crippen LogP contribution in [0, 0.1) is 0 Å². The first kappa shape index (κ1) is 18.7. The van der Waals surface area contributed by atoms with Crippen molar-refractivity contribution in [1.82, 2.24) is 10.6 Å². The van der Waals surface area contributed by atoms with E-state index < -0.39 is 5.60 Å². The molecule has 134 valence electrons. The Morgan fingerprint density at radius 2 is 1.79 bits per heavy atom. The van der Waals surface area contributed by atoms with Crippen LogP contribution in [-0.2, 0) is 10.2 Å². The van der Waals surface area contributed by atoms with E-state index in [2.05, 4.69) is 22.8 Å². The van der Waals surface area contributed by atoms with Gasteiger partial charge in [-0.2, -0.15) is 0 Å². The fourth-order valence-corrected chi connectivity index (χ4v) is 3.18. The zero-order valence-corrected chi connectivity index (χ0v) is 14.8. The van der Waals surface area contributed by atoms with E-state index >= 15 is 0 Å². The Morgan fingerprint density at radius 1 is 1.17 bits per heavy atom. The number of hydrogen-bond acceptors (Lipinski definition) is 3. The van der Waals surface area contributed by atoms with Crippen molar-refractivity contribution >= 4 is 6.03 Å². The quantitative estimate of drug-likeness (QED) is 0.718. The van der Waals surface area contributed by atoms with Crippen molar-refractivity contribution in [3.8, 4) is 0 Å². The summed E-state index contributed by atoms with van der Waals surface area (Å²) in [5, 5.41) is 16.1. The van der Waals surface area contributed by atoms with Gasteiger partial charge in [0.1, 0.15) is 0 Å². The van der Waals surface area contributed by atoms with Crippen LogP contribution in [0.1, 0.15) is 45.1 Å². The van der Waals surface area contributed by atoms with Crippen molar-refractivity contribution in [2.75, 3.05) is 26.3 Å². The highest BCUT2D eigenvalue weighted by molar-refractivity contribution is 5.74. The molecule has 0 unspecified atom stereocenters.